The van der Waals surface area contributed by atoms with Crippen LogP contribution in [0.1, 0.15) is 23.0 Å². The monoisotopic (exact) mass is 454 g/mol. The number of carbonyl (C=O) groups is 1. The van der Waals surface area contributed by atoms with E-state index in [1.165, 1.54) is 16.8 Å². The Labute approximate surface area is 170 Å². The van der Waals surface area contributed by atoms with Crippen molar-refractivity contribution in [2.45, 2.75) is 31.7 Å². The van der Waals surface area contributed by atoms with Gasteiger partial charge in [0.25, 0.3) is 0 Å². The third-order valence-corrected chi connectivity index (χ3v) is 5.59. The molecule has 1 aliphatic heterocycles. The van der Waals surface area contributed by atoms with Gasteiger partial charge in [-0.3, -0.25) is 9.58 Å². The molecule has 0 aliphatic carbocycles. The number of carboxylic acid groups (broad SMARTS) is 1. The number of hydrogen-bond acceptors (Lipinski definition) is 6. The Balaban J connectivity index is 0.000000370. The predicted molar refractivity (Wildman–Crippen MR) is 101 cm³/mol. The minimum atomic E-state index is -5.08. The number of sulfonamides is 1. The highest BCUT2D eigenvalue weighted by molar-refractivity contribution is 7.88. The van der Waals surface area contributed by atoms with Crippen molar-refractivity contribution >= 4 is 27.3 Å². The van der Waals surface area contributed by atoms with Crippen molar-refractivity contribution in [2.24, 2.45) is 0 Å². The van der Waals surface area contributed by atoms with E-state index in [1.807, 2.05) is 16.9 Å². The van der Waals surface area contributed by atoms with Crippen molar-refractivity contribution < 1.29 is 31.5 Å². The van der Waals surface area contributed by atoms with E-state index in [0.29, 0.717) is 6.54 Å². The molecule has 3 heterocycles. The molecule has 2 aromatic heterocycles. The van der Waals surface area contributed by atoms with Gasteiger partial charge in [-0.2, -0.15) is 18.3 Å². The first-order chi connectivity index (χ1) is 13.5. The second kappa shape index (κ2) is 9.69. The first-order valence-corrected chi connectivity index (χ1v) is 11.2. The lowest BCUT2D eigenvalue weighted by molar-refractivity contribution is -0.192. The van der Waals surface area contributed by atoms with Crippen LogP contribution < -0.4 is 4.72 Å². The van der Waals surface area contributed by atoms with Crippen LogP contribution in [-0.4, -0.2) is 59.7 Å². The highest BCUT2D eigenvalue weighted by Gasteiger charge is 2.38. The lowest BCUT2D eigenvalue weighted by atomic mass is 10.1. The number of thiophene rings is 1. The number of fused-ring (bicyclic) bond motifs is 1. The van der Waals surface area contributed by atoms with Gasteiger partial charge in [-0.05, 0) is 23.9 Å². The van der Waals surface area contributed by atoms with E-state index >= 15 is 0 Å². The van der Waals surface area contributed by atoms with E-state index in [-0.39, 0.29) is 6.04 Å². The van der Waals surface area contributed by atoms with Crippen LogP contribution in [0.5, 0.6) is 0 Å². The number of halogens is 3. The average molecular weight is 454 g/mol. The Morgan fingerprint density at radius 3 is 2.66 bits per heavy atom. The van der Waals surface area contributed by atoms with Crippen LogP contribution in [0.25, 0.3) is 0 Å². The Morgan fingerprint density at radius 2 is 2.10 bits per heavy atom. The van der Waals surface area contributed by atoms with Crippen LogP contribution in [0, 0.1) is 0 Å². The first kappa shape index (κ1) is 23.3. The summed E-state index contributed by atoms with van der Waals surface area (Å²) in [5, 5.41) is 13.6. The fraction of sp³-hybridized carbons (Fsp3) is 0.500. The van der Waals surface area contributed by atoms with Gasteiger partial charge in [0, 0.05) is 37.3 Å². The van der Waals surface area contributed by atoms with Crippen LogP contribution in [0.3, 0.4) is 0 Å². The second-order valence-electron chi connectivity index (χ2n) is 6.43. The van der Waals surface area contributed by atoms with Crippen molar-refractivity contribution in [2.75, 3.05) is 19.3 Å². The van der Waals surface area contributed by atoms with Crippen molar-refractivity contribution in [3.8, 4) is 0 Å². The molecule has 29 heavy (non-hydrogen) atoms. The largest absolute Gasteiger partial charge is 0.490 e. The molecule has 0 aromatic carbocycles. The summed E-state index contributed by atoms with van der Waals surface area (Å²) >= 11 is 1.77. The summed E-state index contributed by atoms with van der Waals surface area (Å²) in [4.78, 5) is 12.6. The number of nitrogens with zero attached hydrogens (tertiary/aromatic N) is 3. The molecule has 2 N–H and O–H groups in total. The average Bonchev–Trinajstić information content (AvgIpc) is 3.24. The van der Waals surface area contributed by atoms with E-state index in [4.69, 9.17) is 9.90 Å². The fourth-order valence-corrected chi connectivity index (χ4v) is 4.07. The van der Waals surface area contributed by atoms with Gasteiger partial charge in [-0.25, -0.2) is 17.9 Å². The number of aliphatic carboxylic acids is 1. The van der Waals surface area contributed by atoms with E-state index in [0.717, 1.165) is 26.1 Å². The normalized spacial score (nSPS) is 17.3. The van der Waals surface area contributed by atoms with Gasteiger partial charge >= 0.3 is 12.1 Å². The Bertz CT molecular complexity index is 898. The van der Waals surface area contributed by atoms with Crippen LogP contribution in [-0.2, 0) is 27.9 Å². The molecule has 8 nitrogen and oxygen atoms in total. The van der Waals surface area contributed by atoms with Crippen molar-refractivity contribution in [3.05, 3.63) is 40.3 Å². The number of rotatable bonds is 6. The number of nitrogens with one attached hydrogen (secondary N) is 1. The molecule has 1 atom stereocenters. The molecule has 3 rings (SSSR count). The molecular formula is C16H21F3N4O4S2. The summed E-state index contributed by atoms with van der Waals surface area (Å²) in [7, 11) is -3.14. The zero-order valence-electron chi connectivity index (χ0n) is 15.5. The number of carboxylic acids is 1. The lowest BCUT2D eigenvalue weighted by Crippen LogP contribution is -2.38. The number of hydrogen-bond donors (Lipinski definition) is 2. The van der Waals surface area contributed by atoms with Gasteiger partial charge in [0.15, 0.2) is 0 Å². The van der Waals surface area contributed by atoms with Crippen LogP contribution in [0.2, 0.25) is 0 Å². The van der Waals surface area contributed by atoms with Gasteiger partial charge in [0.05, 0.1) is 18.0 Å². The smallest absolute Gasteiger partial charge is 0.475 e. The molecular weight excluding hydrogens is 433 g/mol. The standard InChI is InChI=1S/C14H20N4O2S2.C2HF3O2/c1-22(19,20)16-7-5-13-10-17(11-14-3-2-8-21-14)9-12-4-6-15-18(12)13;3-2(4,5)1(6)7/h2-4,6,8,13,16H,5,7,9-11H2,1H3;(H,6,7). The lowest BCUT2D eigenvalue weighted by Gasteiger charge is -2.33. The molecule has 0 saturated carbocycles. The molecule has 2 aromatic rings. The van der Waals surface area contributed by atoms with Gasteiger partial charge in [-0.15, -0.1) is 11.3 Å². The van der Waals surface area contributed by atoms with Crippen molar-refractivity contribution in [1.29, 1.82) is 0 Å². The third kappa shape index (κ3) is 7.76. The van der Waals surface area contributed by atoms with E-state index < -0.39 is 22.2 Å². The van der Waals surface area contributed by atoms with Gasteiger partial charge < -0.3 is 5.11 Å². The number of aromatic nitrogens is 2. The molecule has 162 valence electrons. The predicted octanol–water partition coefficient (Wildman–Crippen LogP) is 2.07. The number of alkyl halides is 3. The SMILES string of the molecule is CS(=O)(=O)NCCC1CN(Cc2cccs2)Cc2ccnn21.O=C(O)C(F)(F)F. The minimum Gasteiger partial charge on any atom is -0.475 e. The van der Waals surface area contributed by atoms with Crippen LogP contribution >= 0.6 is 11.3 Å². The molecule has 1 unspecified atom stereocenters. The highest BCUT2D eigenvalue weighted by Crippen LogP contribution is 2.25. The zero-order chi connectivity index (χ0) is 21.7. The summed E-state index contributed by atoms with van der Waals surface area (Å²) in [5.74, 6) is -2.76. The van der Waals surface area contributed by atoms with Crippen LogP contribution in [0.4, 0.5) is 13.2 Å². The molecule has 0 radical (unpaired) electrons. The van der Waals surface area contributed by atoms with Crippen molar-refractivity contribution in [1.82, 2.24) is 19.4 Å². The van der Waals surface area contributed by atoms with Crippen LogP contribution in [0.15, 0.2) is 29.8 Å². The van der Waals surface area contributed by atoms with Gasteiger partial charge in [0.2, 0.25) is 10.0 Å². The quantitative estimate of drug-likeness (QED) is 0.693. The third-order valence-electron chi connectivity index (χ3n) is 4.00. The maximum atomic E-state index is 11.2. The van der Waals surface area contributed by atoms with E-state index in [9.17, 15) is 21.6 Å². The van der Waals surface area contributed by atoms with Crippen molar-refractivity contribution in [3.63, 3.8) is 0 Å². The maximum absolute atomic E-state index is 11.2. The summed E-state index contributed by atoms with van der Waals surface area (Å²) in [6.07, 6.45) is -1.33. The molecule has 13 heteroatoms. The first-order valence-electron chi connectivity index (χ1n) is 8.47. The molecule has 0 amide bonds. The Kier molecular flexibility index (Phi) is 7.80. The van der Waals surface area contributed by atoms with Gasteiger partial charge in [-0.1, -0.05) is 6.07 Å². The summed E-state index contributed by atoms with van der Waals surface area (Å²) in [6, 6.07) is 6.46. The summed E-state index contributed by atoms with van der Waals surface area (Å²) in [6.45, 7) is 3.14. The highest BCUT2D eigenvalue weighted by atomic mass is 32.2. The fourth-order valence-electron chi connectivity index (χ4n) is 2.83. The molecule has 0 saturated heterocycles. The molecule has 0 bridgehead atoms. The van der Waals surface area contributed by atoms with E-state index in [2.05, 4.69) is 32.2 Å². The molecule has 1 aliphatic rings. The maximum Gasteiger partial charge on any atom is 0.490 e. The molecule has 0 fully saturated rings. The topological polar surface area (TPSA) is 105 Å². The molecule has 0 spiro atoms. The Hall–Kier alpha value is -1.96. The summed E-state index contributed by atoms with van der Waals surface area (Å²) < 4.78 is 58.7. The zero-order valence-corrected chi connectivity index (χ0v) is 17.1. The Morgan fingerprint density at radius 1 is 1.41 bits per heavy atom. The summed E-state index contributed by atoms with van der Waals surface area (Å²) in [5.41, 5.74) is 1.19. The minimum absolute atomic E-state index is 0.202. The van der Waals surface area contributed by atoms with Gasteiger partial charge in [0.1, 0.15) is 0 Å². The second-order valence-corrected chi connectivity index (χ2v) is 9.29. The van der Waals surface area contributed by atoms with E-state index in [1.54, 1.807) is 11.3 Å².